The lowest BCUT2D eigenvalue weighted by Gasteiger charge is -2.55. The van der Waals surface area contributed by atoms with Crippen LogP contribution < -0.4 is 0 Å². The van der Waals surface area contributed by atoms with Gasteiger partial charge >= 0.3 is 156 Å². The molecule has 15 atom stereocenters. The van der Waals surface area contributed by atoms with Gasteiger partial charge in [0.2, 0.25) is 0 Å². The topological polar surface area (TPSA) is 346 Å². The SMILES string of the molecule is C.C.C.C.C.C.C=C(C)C(=O)OCCC[Si]1(C)O[Si](C)(C(C)CCOC(=O)C(=C)C)O[Si](C)(CC[Si](C)(C)O[Si](C)(C)O[Si](C)(C)CC[Si]2(C)O[Si](C)(C(C)CCOC(=O)C(=C)C)O[Si](C)(CC[Si](C)(C)O[Si](C)(C)O[Si](C)(C)CC[Si]3(C)O[SiH]4CC[Si](C)(C)O[Si](C)(C)CC[Si](C)(O4)O[Si](C)(CCC(C)OC(=O)C(=C)C)O3)O[Si](C)(C(C)(C)CCOC(=O)C(=C)C)O2)O[Si](C)(C(C)(C)CCOC(=O)C(=C)C)O1.CC.O. The van der Waals surface area contributed by atoms with Gasteiger partial charge in [-0.15, -0.1) is 0 Å². The minimum absolute atomic E-state index is 0. The maximum atomic E-state index is 13.2. The van der Waals surface area contributed by atoms with Crippen molar-refractivity contribution in [3.8, 4) is 0 Å². The van der Waals surface area contributed by atoms with Crippen LogP contribution in [0.3, 0.4) is 0 Å². The fourth-order valence-electron chi connectivity index (χ4n) is 18.2. The zero-order valence-electron chi connectivity index (χ0n) is 95.1. The van der Waals surface area contributed by atoms with Crippen molar-refractivity contribution in [3.63, 3.8) is 0 Å². The molecule has 862 valence electrons. The highest BCUT2D eigenvalue weighted by atomic mass is 28.5. The zero-order chi connectivity index (χ0) is 108. The molecular weight excluding hydrogens is 2190 g/mol. The van der Waals surface area contributed by atoms with E-state index < -0.39 is 216 Å². The van der Waals surface area contributed by atoms with Crippen LogP contribution in [0.4, 0.5) is 0 Å². The highest BCUT2D eigenvalue weighted by Crippen LogP contribution is 2.54. The Hall–Kier alpha value is -1.12. The molecular formula is C96H218O30Si20. The van der Waals surface area contributed by atoms with Crippen LogP contribution in [-0.4, -0.2) is 251 Å². The summed E-state index contributed by atoms with van der Waals surface area (Å²) in [6.45, 7) is 111. The van der Waals surface area contributed by atoms with Gasteiger partial charge in [-0.05, 0) is 348 Å². The molecule has 0 aromatic heterocycles. The van der Waals surface area contributed by atoms with Crippen molar-refractivity contribution in [3.05, 3.63) is 72.9 Å². The first-order chi connectivity index (χ1) is 62.6. The molecule has 4 saturated heterocycles. The average Bonchev–Trinajstić information content (AvgIpc) is 0.735. The minimum atomic E-state index is -3.64. The number of rotatable bonds is 50. The molecule has 0 saturated carbocycles. The number of fused-ring (bicyclic) bond motifs is 2. The Bertz CT molecular complexity index is 4230. The van der Waals surface area contributed by atoms with Crippen molar-refractivity contribution < 1.29 is 133 Å². The second-order valence-corrected chi connectivity index (χ2v) is 125. The Morgan fingerprint density at radius 2 is 0.610 bits per heavy atom. The molecule has 0 aromatic carbocycles. The molecule has 50 heteroatoms. The summed E-state index contributed by atoms with van der Waals surface area (Å²) in [6, 6.07) is 9.38. The summed E-state index contributed by atoms with van der Waals surface area (Å²) in [5.41, 5.74) is 1.35. The van der Waals surface area contributed by atoms with Crippen LogP contribution in [0.2, 0.25) is 283 Å². The van der Waals surface area contributed by atoms with E-state index in [1.165, 1.54) is 0 Å². The summed E-state index contributed by atoms with van der Waals surface area (Å²) in [4.78, 5) is 77.5. The summed E-state index contributed by atoms with van der Waals surface area (Å²) in [6.07, 6.45) is 2.26. The first-order valence-electron chi connectivity index (χ1n) is 50.5. The fraction of sp³-hybridized carbons (Fsp3) is 0.812. The second kappa shape index (κ2) is 60.2. The molecule has 146 heavy (non-hydrogen) atoms. The molecule has 2 N–H and O–H groups in total. The third-order valence-electron chi connectivity index (χ3n) is 26.6. The predicted molar refractivity (Wildman–Crippen MR) is 650 cm³/mol. The molecule has 2 bridgehead atoms. The molecule has 0 aromatic rings. The van der Waals surface area contributed by atoms with Crippen LogP contribution in [0.25, 0.3) is 0 Å². The highest BCUT2D eigenvalue weighted by Gasteiger charge is 2.66. The number of carbonyl (C=O) groups is 6. The Kier molecular flexibility index (Phi) is 63.2. The number of ether oxygens (including phenoxy) is 6. The van der Waals surface area contributed by atoms with Crippen molar-refractivity contribution in [2.75, 3.05) is 33.0 Å². The molecule has 15 unspecified atom stereocenters. The zero-order valence-corrected chi connectivity index (χ0v) is 115. The maximum absolute atomic E-state index is 13.2. The average molecular weight is 2410 g/mol. The lowest BCUT2D eigenvalue weighted by atomic mass is 10.1. The van der Waals surface area contributed by atoms with E-state index in [4.69, 9.17) is 98.4 Å². The van der Waals surface area contributed by atoms with E-state index in [-0.39, 0.29) is 100 Å². The van der Waals surface area contributed by atoms with Gasteiger partial charge in [-0.3, -0.25) is 0 Å². The molecule has 4 rings (SSSR count). The monoisotopic (exact) mass is 2410 g/mol. The maximum Gasteiger partial charge on any atom is 0.333 e. The molecule has 4 fully saturated rings. The first-order valence-corrected chi connectivity index (χ1v) is 104. The van der Waals surface area contributed by atoms with E-state index in [2.05, 4.69) is 251 Å². The molecule has 4 heterocycles. The standard InChI is InChI=1S/C88H186O29Si20.C2H6.6CH4.H2O/c1-72(2)81(89)95-53-47-59-129(38)110-134(43,79(14)48-54-96-82(90)73(3)4)111-131(40,115-136(45,114-129)87(16,17)51-56-98-84(92)75(7)8)69-64-123(28,29)106-126(34,35)107-124(30,31)66-71-133(42)113-135(44,80(15)49-55-97-83(91)74(5)6)112-132(41,116-137(46,117-133)88(18,19)52-57-99-85(93)76(9)10)70-65-122(26,27)105-125(32,33)104-121(24,25)63-68-128(37)102-118-58-61-119(20,21)103-120(22,23)62-67-127(36,101-118)108-130(39,109-128)60-50-78(13)100-86(94)77(11)12;1-2;;;;;;;/h78-80,118H,1,3,5,7,9,11,47-71H2,2,4,6,8,10,12-46H3;1-2H3;6*1H4;1H2. The third kappa shape index (κ3) is 50.8. The van der Waals surface area contributed by atoms with Crippen LogP contribution in [0.15, 0.2) is 72.9 Å². The van der Waals surface area contributed by atoms with E-state index >= 15 is 0 Å². The van der Waals surface area contributed by atoms with E-state index in [0.29, 0.717) is 126 Å². The molecule has 30 nitrogen and oxygen atoms in total. The van der Waals surface area contributed by atoms with Gasteiger partial charge in [0.15, 0.2) is 49.9 Å². The number of hydrogen-bond donors (Lipinski definition) is 0. The van der Waals surface area contributed by atoms with Crippen LogP contribution >= 0.6 is 0 Å². The van der Waals surface area contributed by atoms with Gasteiger partial charge < -0.3 is 104 Å². The van der Waals surface area contributed by atoms with Gasteiger partial charge in [0, 0.05) is 54.6 Å². The van der Waals surface area contributed by atoms with Crippen molar-refractivity contribution in [2.45, 2.75) is 476 Å². The summed E-state index contributed by atoms with van der Waals surface area (Å²) >= 11 is 0. The summed E-state index contributed by atoms with van der Waals surface area (Å²) in [7, 11) is -60.6. The smallest absolute Gasteiger partial charge is 0.333 e. The number of hydrogen-bond acceptors (Lipinski definition) is 29. The summed E-state index contributed by atoms with van der Waals surface area (Å²) in [5, 5.41) is -1.41. The van der Waals surface area contributed by atoms with Crippen molar-refractivity contribution >= 4 is 206 Å². The number of esters is 6. The van der Waals surface area contributed by atoms with Gasteiger partial charge in [-0.1, -0.05) is 139 Å². The lowest BCUT2D eigenvalue weighted by Crippen LogP contribution is -2.70. The molecule has 0 radical (unpaired) electrons. The number of carbonyl (C=O) groups excluding carboxylic acids is 6. The first kappa shape index (κ1) is 153. The largest absolute Gasteiger partial charge is 0.462 e. The summed E-state index contributed by atoms with van der Waals surface area (Å²) in [5.74, 6) is -2.83. The highest BCUT2D eigenvalue weighted by molar-refractivity contribution is 6.99. The van der Waals surface area contributed by atoms with Crippen molar-refractivity contribution in [1.29, 1.82) is 0 Å². The van der Waals surface area contributed by atoms with Gasteiger partial charge in [0.25, 0.3) is 0 Å². The Balaban J connectivity index is -0.00000731. The molecule has 4 aliphatic rings. The lowest BCUT2D eigenvalue weighted by molar-refractivity contribution is -0.144. The van der Waals surface area contributed by atoms with E-state index in [1.54, 1.807) is 41.5 Å². The van der Waals surface area contributed by atoms with Crippen LogP contribution in [0.5, 0.6) is 0 Å². The van der Waals surface area contributed by atoms with E-state index in [9.17, 15) is 28.8 Å². The quantitative estimate of drug-likeness (QED) is 0.0179. The van der Waals surface area contributed by atoms with Gasteiger partial charge in [0.1, 0.15) is 0 Å². The Labute approximate surface area is 913 Å². The van der Waals surface area contributed by atoms with Gasteiger partial charge in [-0.2, -0.15) is 0 Å². The van der Waals surface area contributed by atoms with Crippen LogP contribution in [0, 0.1) is 0 Å². The molecule has 0 aliphatic carbocycles. The molecule has 0 amide bonds. The van der Waals surface area contributed by atoms with Crippen molar-refractivity contribution in [1.82, 2.24) is 0 Å². The van der Waals surface area contributed by atoms with Crippen LogP contribution in [0.1, 0.15) is 187 Å². The second-order valence-electron chi connectivity index (χ2n) is 47.3. The van der Waals surface area contributed by atoms with Crippen molar-refractivity contribution in [2.24, 2.45) is 0 Å². The molecule has 4 aliphatic heterocycles. The third-order valence-corrected chi connectivity index (χ3v) is 118. The Morgan fingerprint density at radius 1 is 0.336 bits per heavy atom. The van der Waals surface area contributed by atoms with Crippen LogP contribution in [-0.2, 0) is 127 Å². The Morgan fingerprint density at radius 3 is 0.918 bits per heavy atom. The fourth-order valence-corrected chi connectivity index (χ4v) is 138. The normalized spacial score (nSPS) is 27.9. The van der Waals surface area contributed by atoms with Gasteiger partial charge in [0.05, 0.1) is 39.1 Å². The predicted octanol–water partition coefficient (Wildman–Crippen LogP) is 27.8. The van der Waals surface area contributed by atoms with E-state index in [0.717, 1.165) is 30.2 Å². The van der Waals surface area contributed by atoms with Gasteiger partial charge in [-0.25, -0.2) is 28.8 Å². The minimum Gasteiger partial charge on any atom is -0.462 e. The van der Waals surface area contributed by atoms with E-state index in [1.807, 2.05) is 27.3 Å². The summed E-state index contributed by atoms with van der Waals surface area (Å²) < 4.78 is 165. The molecule has 0 spiro atoms.